The summed E-state index contributed by atoms with van der Waals surface area (Å²) in [4.78, 5) is 14.5. The molecule has 2 aliphatic rings. The lowest BCUT2D eigenvalue weighted by Gasteiger charge is -2.26. The van der Waals surface area contributed by atoms with Gasteiger partial charge in [0.2, 0.25) is 5.91 Å². The molecule has 1 saturated heterocycles. The molecule has 1 aliphatic heterocycles. The molecule has 1 aromatic carbocycles. The molecule has 0 spiro atoms. The van der Waals surface area contributed by atoms with Gasteiger partial charge in [-0.2, -0.15) is 0 Å². The Balaban J connectivity index is 0.00000192. The van der Waals surface area contributed by atoms with E-state index in [0.717, 1.165) is 0 Å². The minimum absolute atomic E-state index is 0. The van der Waals surface area contributed by atoms with Gasteiger partial charge in [0.25, 0.3) is 0 Å². The molecule has 8 heteroatoms. The molecule has 2 fully saturated rings. The van der Waals surface area contributed by atoms with E-state index in [2.05, 4.69) is 5.32 Å². The van der Waals surface area contributed by atoms with Crippen molar-refractivity contribution >= 4 is 28.2 Å². The summed E-state index contributed by atoms with van der Waals surface area (Å²) < 4.78 is 24.3. The summed E-state index contributed by atoms with van der Waals surface area (Å²) in [7, 11) is -3.70. The molecule has 1 aromatic rings. The van der Waals surface area contributed by atoms with Crippen LogP contribution in [0.4, 0.5) is 0 Å². The van der Waals surface area contributed by atoms with Crippen molar-refractivity contribution < 1.29 is 18.3 Å². The molecule has 1 saturated carbocycles. The zero-order chi connectivity index (χ0) is 15.8. The third kappa shape index (κ3) is 3.24. The topological polar surface area (TPSA) is 86.7 Å². The fourth-order valence-corrected chi connectivity index (χ4v) is 4.87. The van der Waals surface area contributed by atoms with Gasteiger partial charge in [-0.05, 0) is 25.0 Å². The number of halogens is 1. The lowest BCUT2D eigenvalue weighted by molar-refractivity contribution is -0.132. The Labute approximate surface area is 142 Å². The number of hydrogen-bond acceptors (Lipinski definition) is 5. The van der Waals surface area contributed by atoms with Gasteiger partial charge in [0.1, 0.15) is 0 Å². The van der Waals surface area contributed by atoms with Crippen LogP contribution in [0.15, 0.2) is 35.2 Å². The van der Waals surface area contributed by atoms with Crippen LogP contribution in [0.5, 0.6) is 0 Å². The molecule has 1 unspecified atom stereocenters. The Bertz CT molecular complexity index is 661. The Morgan fingerprint density at radius 3 is 2.52 bits per heavy atom. The van der Waals surface area contributed by atoms with Crippen LogP contribution in [-0.2, 0) is 14.6 Å². The van der Waals surface area contributed by atoms with Gasteiger partial charge in [0, 0.05) is 26.2 Å². The Kier molecular flexibility index (Phi) is 5.35. The SMILES string of the molecule is Cl.O=C(N1CCNCC(O)C1)C1(S(=O)(=O)c2ccccc2)CC1. The quantitative estimate of drug-likeness (QED) is 0.804. The highest BCUT2D eigenvalue weighted by Crippen LogP contribution is 2.48. The van der Waals surface area contributed by atoms with Crippen LogP contribution in [0.1, 0.15) is 12.8 Å². The van der Waals surface area contributed by atoms with E-state index >= 15 is 0 Å². The molecule has 3 rings (SSSR count). The molecule has 128 valence electrons. The average molecular weight is 361 g/mol. The zero-order valence-electron chi connectivity index (χ0n) is 12.6. The maximum atomic E-state index is 12.8. The van der Waals surface area contributed by atoms with Gasteiger partial charge < -0.3 is 15.3 Å². The van der Waals surface area contributed by atoms with E-state index in [1.165, 1.54) is 17.0 Å². The third-order valence-electron chi connectivity index (χ3n) is 4.32. The maximum absolute atomic E-state index is 12.8. The summed E-state index contributed by atoms with van der Waals surface area (Å²) in [5.41, 5.74) is 0. The number of benzene rings is 1. The number of rotatable bonds is 3. The predicted octanol–water partition coefficient (Wildman–Crippen LogP) is 0.207. The molecule has 1 heterocycles. The normalized spacial score (nSPS) is 23.5. The van der Waals surface area contributed by atoms with Crippen molar-refractivity contribution in [3.63, 3.8) is 0 Å². The van der Waals surface area contributed by atoms with Gasteiger partial charge in [0.15, 0.2) is 14.6 Å². The highest BCUT2D eigenvalue weighted by molar-refractivity contribution is 7.94. The first kappa shape index (κ1) is 18.2. The summed E-state index contributed by atoms with van der Waals surface area (Å²) in [6.45, 7) is 1.58. The van der Waals surface area contributed by atoms with E-state index in [0.29, 0.717) is 32.5 Å². The smallest absolute Gasteiger partial charge is 0.244 e. The molecule has 2 N–H and O–H groups in total. The molecule has 0 aromatic heterocycles. The van der Waals surface area contributed by atoms with Crippen molar-refractivity contribution in [1.82, 2.24) is 10.2 Å². The number of aliphatic hydroxyl groups is 1. The summed E-state index contributed by atoms with van der Waals surface area (Å²) in [6.07, 6.45) is 0.0355. The minimum Gasteiger partial charge on any atom is -0.390 e. The van der Waals surface area contributed by atoms with Crippen LogP contribution < -0.4 is 5.32 Å². The fourth-order valence-electron chi connectivity index (χ4n) is 2.90. The second-order valence-corrected chi connectivity index (χ2v) is 8.18. The van der Waals surface area contributed by atoms with E-state index in [4.69, 9.17) is 0 Å². The molecule has 1 amide bonds. The number of carbonyl (C=O) groups excluding carboxylic acids is 1. The average Bonchev–Trinajstić information content (AvgIpc) is 3.33. The summed E-state index contributed by atoms with van der Waals surface area (Å²) in [6, 6.07) is 8.13. The molecular weight excluding hydrogens is 340 g/mol. The zero-order valence-corrected chi connectivity index (χ0v) is 14.3. The third-order valence-corrected chi connectivity index (χ3v) is 6.82. The van der Waals surface area contributed by atoms with E-state index in [1.807, 2.05) is 0 Å². The second-order valence-electron chi connectivity index (χ2n) is 5.92. The Morgan fingerprint density at radius 1 is 1.26 bits per heavy atom. The van der Waals surface area contributed by atoms with Gasteiger partial charge >= 0.3 is 0 Å². The molecular formula is C15H21ClN2O4S. The van der Waals surface area contributed by atoms with Gasteiger partial charge in [-0.3, -0.25) is 4.79 Å². The highest BCUT2D eigenvalue weighted by Gasteiger charge is 2.62. The van der Waals surface area contributed by atoms with Crippen LogP contribution in [0.25, 0.3) is 0 Å². The number of aliphatic hydroxyl groups excluding tert-OH is 1. The monoisotopic (exact) mass is 360 g/mol. The van der Waals surface area contributed by atoms with Gasteiger partial charge in [-0.1, -0.05) is 18.2 Å². The molecule has 23 heavy (non-hydrogen) atoms. The first-order chi connectivity index (χ1) is 10.5. The Hall–Kier alpha value is -1.15. The van der Waals surface area contributed by atoms with E-state index < -0.39 is 20.7 Å². The lowest BCUT2D eigenvalue weighted by Crippen LogP contribution is -2.47. The van der Waals surface area contributed by atoms with Crippen molar-refractivity contribution in [1.29, 1.82) is 0 Å². The maximum Gasteiger partial charge on any atom is 0.244 e. The van der Waals surface area contributed by atoms with Crippen molar-refractivity contribution in [2.24, 2.45) is 0 Å². The number of nitrogens with one attached hydrogen (secondary N) is 1. The van der Waals surface area contributed by atoms with Crippen molar-refractivity contribution in [2.75, 3.05) is 26.2 Å². The van der Waals surface area contributed by atoms with Crippen LogP contribution in [0.2, 0.25) is 0 Å². The van der Waals surface area contributed by atoms with E-state index in [9.17, 15) is 18.3 Å². The second kappa shape index (κ2) is 6.76. The first-order valence-electron chi connectivity index (χ1n) is 7.45. The van der Waals surface area contributed by atoms with Crippen LogP contribution in [0.3, 0.4) is 0 Å². The highest BCUT2D eigenvalue weighted by atomic mass is 35.5. The number of β-amino-alcohol motifs (C(OH)–C–C–N with tert-alkyl or cyclic N) is 1. The summed E-state index contributed by atoms with van der Waals surface area (Å²) in [5.74, 6) is -0.376. The summed E-state index contributed by atoms with van der Waals surface area (Å²) in [5, 5.41) is 12.8. The van der Waals surface area contributed by atoms with Gasteiger partial charge in [-0.25, -0.2) is 8.42 Å². The van der Waals surface area contributed by atoms with Crippen molar-refractivity contribution in [3.05, 3.63) is 30.3 Å². The van der Waals surface area contributed by atoms with Gasteiger partial charge in [0.05, 0.1) is 11.0 Å². The first-order valence-corrected chi connectivity index (χ1v) is 8.93. The molecule has 1 atom stereocenters. The van der Waals surface area contributed by atoms with Gasteiger partial charge in [-0.15, -0.1) is 12.4 Å². The van der Waals surface area contributed by atoms with Crippen LogP contribution in [-0.4, -0.2) is 61.4 Å². The standard InChI is InChI=1S/C15H20N2O4S.ClH/c18-12-10-16-8-9-17(11-12)14(19)15(6-7-15)22(20,21)13-4-2-1-3-5-13;/h1-5,12,16,18H,6-11H2;1H. The molecule has 0 radical (unpaired) electrons. The number of carbonyl (C=O) groups is 1. The number of nitrogens with zero attached hydrogens (tertiary/aromatic N) is 1. The molecule has 6 nitrogen and oxygen atoms in total. The number of amides is 1. The number of hydrogen-bond donors (Lipinski definition) is 2. The van der Waals surface area contributed by atoms with Crippen LogP contribution >= 0.6 is 12.4 Å². The van der Waals surface area contributed by atoms with Crippen molar-refractivity contribution in [2.45, 2.75) is 28.6 Å². The van der Waals surface area contributed by atoms with E-state index in [1.54, 1.807) is 18.2 Å². The Morgan fingerprint density at radius 2 is 1.91 bits per heavy atom. The largest absolute Gasteiger partial charge is 0.390 e. The van der Waals surface area contributed by atoms with Crippen LogP contribution in [0, 0.1) is 0 Å². The number of sulfone groups is 1. The fraction of sp³-hybridized carbons (Fsp3) is 0.533. The molecule has 1 aliphatic carbocycles. The minimum atomic E-state index is -3.70. The molecule has 0 bridgehead atoms. The predicted molar refractivity (Wildman–Crippen MR) is 88.3 cm³/mol. The summed E-state index contributed by atoms with van der Waals surface area (Å²) >= 11 is 0. The van der Waals surface area contributed by atoms with E-state index in [-0.39, 0.29) is 29.8 Å². The van der Waals surface area contributed by atoms with Crippen molar-refractivity contribution in [3.8, 4) is 0 Å². The lowest BCUT2D eigenvalue weighted by atomic mass is 10.3.